The van der Waals surface area contributed by atoms with E-state index in [-0.39, 0.29) is 29.9 Å². The second kappa shape index (κ2) is 13.7. The molecule has 2 aromatic heterocycles. The number of pyridine rings is 2. The molecule has 1 fully saturated rings. The molecule has 1 saturated heterocycles. The molecule has 7 atom stereocenters. The molecular weight excluding hydrogens is 687 g/mol. The molecule has 0 saturated carbocycles. The molecule has 1 aromatic carbocycles. The first-order valence-corrected chi connectivity index (χ1v) is 16.5. The van der Waals surface area contributed by atoms with Crippen molar-refractivity contribution >= 4 is 34.9 Å². The van der Waals surface area contributed by atoms with Crippen molar-refractivity contribution in [3.63, 3.8) is 0 Å². The quantitative estimate of drug-likeness (QED) is 0.0734. The van der Waals surface area contributed by atoms with Crippen LogP contribution in [-0.2, 0) is 48.2 Å². The van der Waals surface area contributed by atoms with Gasteiger partial charge in [0.05, 0.1) is 48.8 Å². The number of aryl methyl sites for hydroxylation is 1. The Labute approximate surface area is 293 Å². The van der Waals surface area contributed by atoms with Crippen LogP contribution in [0.3, 0.4) is 0 Å². The fourth-order valence-corrected chi connectivity index (χ4v) is 7.24. The van der Waals surface area contributed by atoms with Crippen LogP contribution < -0.4 is 10.9 Å². The summed E-state index contributed by atoms with van der Waals surface area (Å²) in [7, 11) is 0. The summed E-state index contributed by atoms with van der Waals surface area (Å²) >= 11 is 0. The number of hydrogen-bond acceptors (Lipinski definition) is 13. The summed E-state index contributed by atoms with van der Waals surface area (Å²) in [6, 6.07) is 2.85. The van der Waals surface area contributed by atoms with E-state index in [1.807, 2.05) is 0 Å². The van der Waals surface area contributed by atoms with Gasteiger partial charge in [-0.15, -0.1) is 0 Å². The number of aliphatic imine (C=N–C) groups is 1. The zero-order valence-corrected chi connectivity index (χ0v) is 27.7. The highest BCUT2D eigenvalue weighted by atomic mass is 19.1. The zero-order valence-electron chi connectivity index (χ0n) is 27.7. The Kier molecular flexibility index (Phi) is 9.37. The summed E-state index contributed by atoms with van der Waals surface area (Å²) in [5, 5.41) is 52.9. The fraction of sp³-hybridized carbons (Fsp3) is 0.429. The number of nitrogens with zero attached hydrogens (tertiary/aromatic N) is 3. The number of aromatic nitrogens is 2. The highest BCUT2D eigenvalue weighted by Crippen LogP contribution is 2.45. The van der Waals surface area contributed by atoms with E-state index >= 15 is 4.39 Å². The second-order valence-corrected chi connectivity index (χ2v) is 13.2. The fourth-order valence-electron chi connectivity index (χ4n) is 7.24. The van der Waals surface area contributed by atoms with E-state index in [0.717, 1.165) is 11.1 Å². The summed E-state index contributed by atoms with van der Waals surface area (Å²) in [4.78, 5) is 60.0. The Morgan fingerprint density at radius 1 is 1.15 bits per heavy atom. The molecule has 4 aliphatic rings. The zero-order chi connectivity index (χ0) is 37.2. The van der Waals surface area contributed by atoms with Crippen molar-refractivity contribution < 1.29 is 58.5 Å². The highest BCUT2D eigenvalue weighted by Gasteiger charge is 2.44. The first-order valence-electron chi connectivity index (χ1n) is 16.5. The molecule has 3 aliphatic heterocycles. The average molecular weight is 723 g/mol. The maximum Gasteiger partial charge on any atom is 0.340 e. The van der Waals surface area contributed by atoms with Gasteiger partial charge < -0.3 is 49.6 Å². The van der Waals surface area contributed by atoms with Crippen LogP contribution in [0.4, 0.5) is 4.39 Å². The van der Waals surface area contributed by atoms with Crippen LogP contribution in [0.1, 0.15) is 51.8 Å². The van der Waals surface area contributed by atoms with Crippen molar-refractivity contribution in [3.8, 4) is 11.4 Å². The molecule has 17 heteroatoms. The monoisotopic (exact) mass is 722 g/mol. The van der Waals surface area contributed by atoms with Gasteiger partial charge in [-0.05, 0) is 42.5 Å². The van der Waals surface area contributed by atoms with Crippen molar-refractivity contribution in [2.45, 2.75) is 75.6 Å². The largest absolute Gasteiger partial charge is 0.458 e. The highest BCUT2D eigenvalue weighted by molar-refractivity contribution is 5.99. The van der Waals surface area contributed by atoms with Crippen molar-refractivity contribution in [2.24, 2.45) is 4.99 Å². The molecular formula is C35H35FN4O12. The third-order valence-electron chi connectivity index (χ3n) is 10.1. The molecule has 7 rings (SSSR count). The van der Waals surface area contributed by atoms with Crippen LogP contribution in [-0.4, -0.2) is 110 Å². The third-order valence-corrected chi connectivity index (χ3v) is 10.1. The number of nitrogens with one attached hydrogen (secondary N) is 1. The number of cyclic esters (lactones) is 1. The lowest BCUT2D eigenvalue weighted by Gasteiger charge is -2.39. The predicted octanol–water partition coefficient (Wildman–Crippen LogP) is -0.921. The standard InChI is InChI=1S/C35H35FN4O12/c1-13(11-51-35-31(46)30(45)29(44)23(10-41)52-35)32(47)38-8-24(42)37-7-15-3-4-16-14(2)20(36)6-21-26(16)25(15)18-9-40-22(27(18)39-21)5-17-19(33(40)48)12-50-34(49)28(17)43/h5-7,15,23,28-31,35,41,43-46H,1,3-4,8-12H2,2H3,(H,38,47)/t15?,23-,28+,29-,30+,31-,35-/m1/s1. The van der Waals surface area contributed by atoms with Gasteiger partial charge in [0.25, 0.3) is 11.5 Å². The van der Waals surface area contributed by atoms with E-state index < -0.39 is 91.6 Å². The number of carbonyl (C=O) groups is 3. The van der Waals surface area contributed by atoms with Crippen molar-refractivity contribution in [1.29, 1.82) is 0 Å². The number of halogens is 1. The molecule has 1 unspecified atom stereocenters. The summed E-state index contributed by atoms with van der Waals surface area (Å²) in [6.07, 6.45) is -6.88. The van der Waals surface area contributed by atoms with E-state index in [1.165, 1.54) is 22.9 Å². The Balaban J connectivity index is 1.10. The van der Waals surface area contributed by atoms with Crippen LogP contribution in [0.2, 0.25) is 0 Å². The summed E-state index contributed by atoms with van der Waals surface area (Å²) in [6.45, 7) is 3.43. The minimum Gasteiger partial charge on any atom is -0.458 e. The molecule has 274 valence electrons. The predicted molar refractivity (Wildman–Crippen MR) is 176 cm³/mol. The van der Waals surface area contributed by atoms with E-state index in [9.17, 15) is 44.7 Å². The van der Waals surface area contributed by atoms with E-state index in [0.29, 0.717) is 46.3 Å². The van der Waals surface area contributed by atoms with Crippen LogP contribution in [0.15, 0.2) is 34.1 Å². The van der Waals surface area contributed by atoms with Gasteiger partial charge in [0.15, 0.2) is 12.4 Å². The van der Waals surface area contributed by atoms with Gasteiger partial charge in [0.2, 0.25) is 5.91 Å². The lowest BCUT2D eigenvalue weighted by Crippen LogP contribution is -2.59. The molecule has 0 bridgehead atoms. The van der Waals surface area contributed by atoms with E-state index in [4.69, 9.17) is 19.2 Å². The van der Waals surface area contributed by atoms with E-state index in [2.05, 4.69) is 16.9 Å². The topological polar surface area (TPSA) is 239 Å². The van der Waals surface area contributed by atoms with Crippen LogP contribution in [0.5, 0.6) is 0 Å². The molecule has 0 radical (unpaired) electrons. The normalized spacial score (nSPS) is 26.1. The number of esters is 1. The Morgan fingerprint density at radius 2 is 1.92 bits per heavy atom. The lowest BCUT2D eigenvalue weighted by atomic mass is 9.78. The number of aliphatic hydroxyl groups is 5. The van der Waals surface area contributed by atoms with Gasteiger partial charge >= 0.3 is 5.97 Å². The minimum absolute atomic E-state index is 0.0939. The summed E-state index contributed by atoms with van der Waals surface area (Å²) < 4.78 is 32.1. The number of fused-ring (bicyclic) bond motifs is 5. The Morgan fingerprint density at radius 3 is 2.67 bits per heavy atom. The van der Waals surface area contributed by atoms with Gasteiger partial charge in [-0.3, -0.25) is 14.4 Å². The number of amides is 2. The van der Waals surface area contributed by atoms with Gasteiger partial charge in [-0.1, -0.05) is 6.58 Å². The smallest absolute Gasteiger partial charge is 0.340 e. The maximum absolute atomic E-state index is 15.1. The molecule has 52 heavy (non-hydrogen) atoms. The summed E-state index contributed by atoms with van der Waals surface area (Å²) in [5.74, 6) is -3.26. The van der Waals surface area contributed by atoms with Gasteiger partial charge in [-0.25, -0.2) is 19.2 Å². The molecule has 0 spiro atoms. The average Bonchev–Trinajstić information content (AvgIpc) is 3.50. The number of carbonyl (C=O) groups excluding carboxylic acids is 3. The number of hydrogen-bond donors (Lipinski definition) is 6. The molecule has 1 aliphatic carbocycles. The number of rotatable bonds is 8. The molecule has 6 N–H and O–H groups in total. The second-order valence-electron chi connectivity index (χ2n) is 13.2. The summed E-state index contributed by atoms with van der Waals surface area (Å²) in [5.41, 5.74) is 3.33. The third kappa shape index (κ3) is 5.93. The van der Waals surface area contributed by atoms with Gasteiger partial charge in [0, 0.05) is 40.3 Å². The Hall–Kier alpha value is -4.75. The van der Waals surface area contributed by atoms with Gasteiger partial charge in [0.1, 0.15) is 36.8 Å². The first kappa shape index (κ1) is 35.6. The first-order chi connectivity index (χ1) is 24.8. The van der Waals surface area contributed by atoms with Crippen LogP contribution >= 0.6 is 0 Å². The number of aliphatic hydroxyl groups excluding tert-OH is 5. The van der Waals surface area contributed by atoms with E-state index in [1.54, 1.807) is 6.92 Å². The molecule has 3 aromatic rings. The molecule has 5 heterocycles. The van der Waals surface area contributed by atoms with Crippen molar-refractivity contribution in [1.82, 2.24) is 14.9 Å². The molecule has 16 nitrogen and oxygen atoms in total. The van der Waals surface area contributed by atoms with Crippen LogP contribution in [0.25, 0.3) is 22.3 Å². The SMILES string of the molecule is C=C(CO[C@@H]1O[C@H](CO)[C@@H](O)[C@H](O)[C@H]1O)C(=O)NCC(=O)N=CC1CCc2c(C)c(F)cc3nc4c(c1c23)Cn1c-4cc2c(c1=O)COC(=O)[C@H]2O. The van der Waals surface area contributed by atoms with Gasteiger partial charge in [-0.2, -0.15) is 0 Å². The van der Waals surface area contributed by atoms with Crippen molar-refractivity contribution in [3.05, 3.63) is 73.8 Å². The maximum atomic E-state index is 15.1. The Bertz CT molecular complexity index is 2130. The molecule has 2 amide bonds. The number of benzene rings is 1. The lowest BCUT2D eigenvalue weighted by molar-refractivity contribution is -0.298. The van der Waals surface area contributed by atoms with Crippen LogP contribution in [0, 0.1) is 12.7 Å². The number of ether oxygens (including phenoxy) is 3. The van der Waals surface area contributed by atoms with Crippen molar-refractivity contribution in [2.75, 3.05) is 19.8 Å². The minimum atomic E-state index is -1.67.